The third-order valence-corrected chi connectivity index (χ3v) is 7.33. The number of amides is 2. The van der Waals surface area contributed by atoms with E-state index in [1.54, 1.807) is 21.4 Å². The number of nitrogens with one attached hydrogen (secondary N) is 1. The molecule has 2 unspecified atom stereocenters. The zero-order valence-corrected chi connectivity index (χ0v) is 17.8. The Kier molecular flexibility index (Phi) is 5.27. The topological polar surface area (TPSA) is 61.4 Å². The van der Waals surface area contributed by atoms with Gasteiger partial charge >= 0.3 is 12.2 Å². The lowest BCUT2D eigenvalue weighted by atomic mass is 9.77. The van der Waals surface area contributed by atoms with Crippen LogP contribution in [0.5, 0.6) is 0 Å². The fourth-order valence-corrected chi connectivity index (χ4v) is 5.66. The fraction of sp³-hybridized carbons (Fsp3) is 0.571. The van der Waals surface area contributed by atoms with E-state index < -0.39 is 12.1 Å². The van der Waals surface area contributed by atoms with Crippen LogP contribution in [0.2, 0.25) is 0 Å². The molecular formula is C21H24F3N5OS. The molecule has 3 aliphatic rings. The van der Waals surface area contributed by atoms with Gasteiger partial charge in [-0.05, 0) is 49.7 Å². The van der Waals surface area contributed by atoms with E-state index in [0.29, 0.717) is 35.7 Å². The maximum Gasteiger partial charge on any atom is 0.393 e. The molecule has 1 aliphatic carbocycles. The van der Waals surface area contributed by atoms with Crippen LogP contribution >= 0.6 is 11.3 Å². The summed E-state index contributed by atoms with van der Waals surface area (Å²) in [5.41, 5.74) is 1.01. The second-order valence-electron chi connectivity index (χ2n) is 8.56. The maximum atomic E-state index is 13.3. The predicted octanol–water partition coefficient (Wildman–Crippen LogP) is 5.40. The van der Waals surface area contributed by atoms with Crippen molar-refractivity contribution in [3.05, 3.63) is 29.3 Å². The van der Waals surface area contributed by atoms with E-state index in [2.05, 4.69) is 10.3 Å². The molecule has 2 aliphatic heterocycles. The first-order chi connectivity index (χ1) is 14.9. The summed E-state index contributed by atoms with van der Waals surface area (Å²) < 4.78 is 39.9. The first-order valence-corrected chi connectivity index (χ1v) is 11.6. The van der Waals surface area contributed by atoms with Crippen molar-refractivity contribution < 1.29 is 18.0 Å². The van der Waals surface area contributed by atoms with E-state index in [9.17, 15) is 18.0 Å². The lowest BCUT2D eigenvalue weighted by Gasteiger charge is -2.43. The highest BCUT2D eigenvalue weighted by Crippen LogP contribution is 2.46. The minimum atomic E-state index is -4.20. The largest absolute Gasteiger partial charge is 0.393 e. The molecule has 1 saturated heterocycles. The average Bonchev–Trinajstić information content (AvgIpc) is 3.26. The molecular weight excluding hydrogens is 427 g/mol. The molecule has 10 heteroatoms. The summed E-state index contributed by atoms with van der Waals surface area (Å²) >= 11 is 1.34. The van der Waals surface area contributed by atoms with Crippen LogP contribution in [0, 0.1) is 5.92 Å². The summed E-state index contributed by atoms with van der Waals surface area (Å²) in [4.78, 5) is 25.5. The molecule has 5 rings (SSSR count). The Bertz CT molecular complexity index is 951. The number of thiazole rings is 1. The van der Waals surface area contributed by atoms with Crippen LogP contribution < -0.4 is 15.1 Å². The van der Waals surface area contributed by atoms with Crippen molar-refractivity contribution in [2.45, 2.75) is 56.7 Å². The van der Waals surface area contributed by atoms with Gasteiger partial charge in [-0.3, -0.25) is 10.2 Å². The number of pyridine rings is 1. The van der Waals surface area contributed by atoms with Crippen molar-refractivity contribution >= 4 is 34.1 Å². The molecule has 4 heterocycles. The highest BCUT2D eigenvalue weighted by Gasteiger charge is 2.43. The van der Waals surface area contributed by atoms with Crippen LogP contribution in [0.15, 0.2) is 23.7 Å². The average molecular weight is 452 g/mol. The summed E-state index contributed by atoms with van der Waals surface area (Å²) in [6.45, 7) is 0.448. The smallest absolute Gasteiger partial charge is 0.356 e. The van der Waals surface area contributed by atoms with Gasteiger partial charge in [0.05, 0.1) is 5.92 Å². The quantitative estimate of drug-likeness (QED) is 0.665. The summed E-state index contributed by atoms with van der Waals surface area (Å²) in [7, 11) is 0. The van der Waals surface area contributed by atoms with Crippen molar-refractivity contribution in [2.75, 3.05) is 28.2 Å². The number of hydrogen-bond donors (Lipinski definition) is 1. The molecule has 2 fully saturated rings. The second-order valence-corrected chi connectivity index (χ2v) is 9.46. The van der Waals surface area contributed by atoms with Gasteiger partial charge in [-0.25, -0.2) is 14.8 Å². The van der Waals surface area contributed by atoms with Gasteiger partial charge in [-0.1, -0.05) is 12.5 Å². The molecule has 166 valence electrons. The minimum Gasteiger partial charge on any atom is -0.356 e. The molecule has 2 aromatic rings. The molecule has 3 atom stereocenters. The number of nitrogens with zero attached hydrogens (tertiary/aromatic N) is 4. The van der Waals surface area contributed by atoms with E-state index in [1.807, 2.05) is 12.1 Å². The molecule has 6 nitrogen and oxygen atoms in total. The SMILES string of the molecule is O=C(Nc1nccs1)N1c2nc(N3CCCC(C(F)(F)F)C3)ccc2C2CCC[C@H]1C2. The predicted molar refractivity (Wildman–Crippen MR) is 114 cm³/mol. The Morgan fingerprint density at radius 1 is 1.19 bits per heavy atom. The van der Waals surface area contributed by atoms with Gasteiger partial charge in [-0.15, -0.1) is 11.3 Å². The standard InChI is InChI=1S/C21H24F3N5OS/c22-21(23,24)14-4-2-9-28(12-14)17-7-6-16-13-3-1-5-15(11-13)29(18(16)26-17)20(30)27-19-25-8-10-31-19/h6-8,10,13-15H,1-5,9,11-12H2,(H,25,27,30)/t13?,14?,15-/m0/s1. The van der Waals surface area contributed by atoms with Gasteiger partial charge in [0, 0.05) is 30.7 Å². The molecule has 0 spiro atoms. The number of carbonyl (C=O) groups is 1. The van der Waals surface area contributed by atoms with Gasteiger partial charge in [-0.2, -0.15) is 13.2 Å². The zero-order valence-electron chi connectivity index (χ0n) is 16.9. The molecule has 0 radical (unpaired) electrons. The number of hydrogen-bond acceptors (Lipinski definition) is 5. The molecule has 2 aromatic heterocycles. The zero-order chi connectivity index (χ0) is 21.6. The number of fused-ring (bicyclic) bond motifs is 4. The van der Waals surface area contributed by atoms with Gasteiger partial charge in [0.1, 0.15) is 11.6 Å². The number of alkyl halides is 3. The number of urea groups is 1. The van der Waals surface area contributed by atoms with Crippen LogP contribution in [0.25, 0.3) is 0 Å². The Hall–Kier alpha value is -2.36. The number of aromatic nitrogens is 2. The molecule has 2 bridgehead atoms. The van der Waals surface area contributed by atoms with Crippen LogP contribution in [0.4, 0.5) is 34.7 Å². The lowest BCUT2D eigenvalue weighted by molar-refractivity contribution is -0.176. The van der Waals surface area contributed by atoms with Crippen molar-refractivity contribution in [2.24, 2.45) is 5.92 Å². The van der Waals surface area contributed by atoms with Crippen LogP contribution in [0.3, 0.4) is 0 Å². The fourth-order valence-electron chi connectivity index (χ4n) is 5.14. The van der Waals surface area contributed by atoms with Crippen LogP contribution in [-0.4, -0.2) is 41.3 Å². The first-order valence-electron chi connectivity index (χ1n) is 10.7. The van der Waals surface area contributed by atoms with Crippen molar-refractivity contribution in [3.63, 3.8) is 0 Å². The highest BCUT2D eigenvalue weighted by atomic mass is 32.1. The van der Waals surface area contributed by atoms with E-state index in [1.165, 1.54) is 11.3 Å². The van der Waals surface area contributed by atoms with E-state index in [4.69, 9.17) is 4.98 Å². The third kappa shape index (κ3) is 3.97. The van der Waals surface area contributed by atoms with Gasteiger partial charge in [0.25, 0.3) is 0 Å². The van der Waals surface area contributed by atoms with Crippen molar-refractivity contribution in [1.82, 2.24) is 9.97 Å². The van der Waals surface area contributed by atoms with E-state index in [-0.39, 0.29) is 25.0 Å². The van der Waals surface area contributed by atoms with Crippen LogP contribution in [-0.2, 0) is 0 Å². The van der Waals surface area contributed by atoms with Gasteiger partial charge in [0.15, 0.2) is 5.13 Å². The summed E-state index contributed by atoms with van der Waals surface area (Å²) in [6, 6.07) is 3.55. The lowest BCUT2D eigenvalue weighted by Crippen LogP contribution is -2.49. The van der Waals surface area contributed by atoms with Crippen molar-refractivity contribution in [1.29, 1.82) is 0 Å². The normalized spacial score (nSPS) is 25.8. The monoisotopic (exact) mass is 451 g/mol. The minimum absolute atomic E-state index is 0.0400. The maximum absolute atomic E-state index is 13.3. The van der Waals surface area contributed by atoms with Gasteiger partial charge in [0.2, 0.25) is 0 Å². The Morgan fingerprint density at radius 3 is 2.84 bits per heavy atom. The highest BCUT2D eigenvalue weighted by molar-refractivity contribution is 7.13. The Balaban J connectivity index is 1.47. The first kappa shape index (κ1) is 20.5. The van der Waals surface area contributed by atoms with E-state index in [0.717, 1.165) is 31.2 Å². The Labute approximate surface area is 182 Å². The molecule has 31 heavy (non-hydrogen) atoms. The number of anilines is 3. The van der Waals surface area contributed by atoms with Crippen molar-refractivity contribution in [3.8, 4) is 0 Å². The number of rotatable bonds is 2. The number of piperidine rings is 1. The molecule has 0 aromatic carbocycles. The van der Waals surface area contributed by atoms with E-state index >= 15 is 0 Å². The number of halogens is 3. The molecule has 1 N–H and O–H groups in total. The van der Waals surface area contributed by atoms with Gasteiger partial charge < -0.3 is 4.90 Å². The third-order valence-electron chi connectivity index (χ3n) is 6.64. The summed E-state index contributed by atoms with van der Waals surface area (Å²) in [6.07, 6.45) is 1.92. The van der Waals surface area contributed by atoms with Crippen LogP contribution in [0.1, 0.15) is 50.0 Å². The number of carbonyl (C=O) groups excluding carboxylic acids is 1. The molecule has 1 saturated carbocycles. The molecule has 2 amide bonds. The second kappa shape index (κ2) is 7.96. The summed E-state index contributed by atoms with van der Waals surface area (Å²) in [5, 5.41) is 5.16. The Morgan fingerprint density at radius 2 is 2.06 bits per heavy atom. The summed E-state index contributed by atoms with van der Waals surface area (Å²) in [5.74, 6) is 0.0904.